The lowest BCUT2D eigenvalue weighted by atomic mass is 9.79. The van der Waals surface area contributed by atoms with Crippen molar-refractivity contribution in [3.63, 3.8) is 0 Å². The number of fused-ring (bicyclic) bond motifs is 2. The second-order valence-corrected chi connectivity index (χ2v) is 11.4. The molecule has 1 saturated heterocycles. The van der Waals surface area contributed by atoms with Crippen molar-refractivity contribution in [2.24, 2.45) is 0 Å². The molecular weight excluding hydrogens is 418 g/mol. The zero-order valence-corrected chi connectivity index (χ0v) is 20.7. The molecule has 1 fully saturated rings. The van der Waals surface area contributed by atoms with E-state index in [1.165, 1.54) is 0 Å². The molecule has 0 spiro atoms. The molecule has 1 aliphatic rings. The highest BCUT2D eigenvalue weighted by Crippen LogP contribution is 2.36. The fraction of sp³-hybridized carbons (Fsp3) is 0.500. The van der Waals surface area contributed by atoms with Gasteiger partial charge in [0.05, 0.1) is 28.0 Å². The van der Waals surface area contributed by atoms with Crippen molar-refractivity contribution < 1.29 is 0 Å². The summed E-state index contributed by atoms with van der Waals surface area (Å²) >= 11 is 1.73. The van der Waals surface area contributed by atoms with Gasteiger partial charge in [-0.15, -0.1) is 0 Å². The minimum Gasteiger partial charge on any atom is -0.348 e. The summed E-state index contributed by atoms with van der Waals surface area (Å²) < 4.78 is 3.16. The van der Waals surface area contributed by atoms with Gasteiger partial charge in [-0.2, -0.15) is 0 Å². The maximum absolute atomic E-state index is 4.91. The van der Waals surface area contributed by atoms with Crippen molar-refractivity contribution in [2.75, 3.05) is 11.9 Å². The average molecular weight is 450 g/mol. The third-order valence-electron chi connectivity index (χ3n) is 6.27. The quantitative estimate of drug-likeness (QED) is 0.486. The second-order valence-electron chi connectivity index (χ2n) is 10.4. The van der Waals surface area contributed by atoms with Gasteiger partial charge in [0.2, 0.25) is 0 Å². The van der Waals surface area contributed by atoms with E-state index in [4.69, 9.17) is 9.97 Å². The number of aromatic nitrogens is 5. The fourth-order valence-corrected chi connectivity index (χ4v) is 6.24. The summed E-state index contributed by atoms with van der Waals surface area (Å²) in [7, 11) is 2.18. The molecule has 1 N–H and O–H groups in total. The van der Waals surface area contributed by atoms with Crippen LogP contribution in [0.2, 0.25) is 0 Å². The van der Waals surface area contributed by atoms with Crippen LogP contribution in [0.25, 0.3) is 27.3 Å². The predicted molar refractivity (Wildman–Crippen MR) is 132 cm³/mol. The fourth-order valence-electron chi connectivity index (χ4n) is 5.24. The number of nitrogens with one attached hydrogen (secondary N) is 1. The molecule has 0 amide bonds. The first kappa shape index (κ1) is 21.3. The van der Waals surface area contributed by atoms with Gasteiger partial charge in [-0.05, 0) is 60.5 Å². The van der Waals surface area contributed by atoms with Crippen LogP contribution in [0.15, 0.2) is 24.7 Å². The van der Waals surface area contributed by atoms with Crippen molar-refractivity contribution >= 4 is 32.3 Å². The Labute approximate surface area is 192 Å². The Bertz CT molecular complexity index is 1300. The number of pyridine rings is 1. The summed E-state index contributed by atoms with van der Waals surface area (Å²) in [6, 6.07) is 2.55. The number of piperidine rings is 1. The third-order valence-corrected chi connectivity index (χ3v) is 7.38. The highest BCUT2D eigenvalue weighted by atomic mass is 32.1. The minimum absolute atomic E-state index is 0.0978. The van der Waals surface area contributed by atoms with Crippen LogP contribution in [-0.2, 0) is 0 Å². The number of anilines is 1. The molecule has 7 nitrogen and oxygen atoms in total. The molecule has 0 atom stereocenters. The zero-order chi connectivity index (χ0) is 22.8. The van der Waals surface area contributed by atoms with Gasteiger partial charge in [0, 0.05) is 36.6 Å². The Morgan fingerprint density at radius 1 is 1.03 bits per heavy atom. The van der Waals surface area contributed by atoms with E-state index in [0.29, 0.717) is 6.04 Å². The summed E-state index contributed by atoms with van der Waals surface area (Å²) in [6.45, 7) is 13.1. The van der Waals surface area contributed by atoms with Crippen LogP contribution in [-0.4, -0.2) is 48.5 Å². The van der Waals surface area contributed by atoms with Gasteiger partial charge in [0.15, 0.2) is 10.8 Å². The second kappa shape index (κ2) is 7.22. The molecule has 8 heteroatoms. The number of rotatable bonds is 3. The van der Waals surface area contributed by atoms with Crippen molar-refractivity contribution in [1.29, 1.82) is 0 Å². The highest BCUT2D eigenvalue weighted by Gasteiger charge is 2.39. The third kappa shape index (κ3) is 3.86. The largest absolute Gasteiger partial charge is 0.348 e. The molecular formula is C24H31N7S. The molecule has 0 radical (unpaired) electrons. The number of thiazole rings is 1. The van der Waals surface area contributed by atoms with Crippen molar-refractivity contribution in [3.8, 4) is 11.4 Å². The van der Waals surface area contributed by atoms with Crippen LogP contribution in [0.4, 0.5) is 5.13 Å². The number of hydrogen-bond donors (Lipinski definition) is 1. The predicted octanol–water partition coefficient (Wildman–Crippen LogP) is 4.76. The molecule has 0 aliphatic carbocycles. The maximum atomic E-state index is 4.91. The minimum atomic E-state index is 0.0978. The van der Waals surface area contributed by atoms with Gasteiger partial charge in [0.1, 0.15) is 11.2 Å². The molecule has 1 aliphatic heterocycles. The average Bonchev–Trinajstić information content (AvgIpc) is 3.28. The van der Waals surface area contributed by atoms with Crippen molar-refractivity contribution in [2.45, 2.75) is 71.5 Å². The van der Waals surface area contributed by atoms with Crippen LogP contribution in [0.5, 0.6) is 0 Å². The van der Waals surface area contributed by atoms with E-state index in [2.05, 4.69) is 61.0 Å². The van der Waals surface area contributed by atoms with Crippen LogP contribution in [0.1, 0.15) is 51.9 Å². The summed E-state index contributed by atoms with van der Waals surface area (Å²) in [4.78, 5) is 21.3. The molecule has 32 heavy (non-hydrogen) atoms. The highest BCUT2D eigenvalue weighted by molar-refractivity contribution is 7.22. The summed E-state index contributed by atoms with van der Waals surface area (Å²) in [5.74, 6) is 0. The smallest absolute Gasteiger partial charge is 0.186 e. The maximum Gasteiger partial charge on any atom is 0.186 e. The van der Waals surface area contributed by atoms with Crippen LogP contribution in [0, 0.1) is 13.8 Å². The lowest BCUT2D eigenvalue weighted by Crippen LogP contribution is -2.61. The summed E-state index contributed by atoms with van der Waals surface area (Å²) in [6.07, 6.45) is 8.06. The van der Waals surface area contributed by atoms with E-state index in [-0.39, 0.29) is 11.1 Å². The SMILES string of the molecule is Cc1cn2cc(-c3cc4sc(N(C)C5CC(C)(C)NC(C)(C)C5)nc4cn3)nc2c(C)n1. The number of imidazole rings is 1. The Balaban J connectivity index is 1.47. The molecule has 0 aromatic carbocycles. The molecule has 0 saturated carbocycles. The lowest BCUT2D eigenvalue weighted by molar-refractivity contribution is 0.161. The van der Waals surface area contributed by atoms with E-state index in [1.54, 1.807) is 11.3 Å². The Morgan fingerprint density at radius 2 is 1.75 bits per heavy atom. The van der Waals surface area contributed by atoms with Crippen LogP contribution >= 0.6 is 11.3 Å². The van der Waals surface area contributed by atoms with Gasteiger partial charge in [-0.3, -0.25) is 9.97 Å². The van der Waals surface area contributed by atoms with Crippen molar-refractivity contribution in [1.82, 2.24) is 29.7 Å². The van der Waals surface area contributed by atoms with Gasteiger partial charge < -0.3 is 14.6 Å². The van der Waals surface area contributed by atoms with Crippen molar-refractivity contribution in [3.05, 3.63) is 36.0 Å². The van der Waals surface area contributed by atoms with E-state index in [0.717, 1.165) is 56.6 Å². The van der Waals surface area contributed by atoms with E-state index < -0.39 is 0 Å². The lowest BCUT2D eigenvalue weighted by Gasteiger charge is -2.48. The topological polar surface area (TPSA) is 71.2 Å². The molecule has 0 bridgehead atoms. The Kier molecular flexibility index (Phi) is 4.80. The summed E-state index contributed by atoms with van der Waals surface area (Å²) in [5.41, 5.74) is 5.61. The first-order valence-electron chi connectivity index (χ1n) is 11.1. The van der Waals surface area contributed by atoms with E-state index in [9.17, 15) is 0 Å². The normalized spacial score (nSPS) is 18.5. The van der Waals surface area contributed by atoms with E-state index >= 15 is 0 Å². The molecule has 4 aromatic rings. The van der Waals surface area contributed by atoms with E-state index in [1.807, 2.05) is 36.8 Å². The van der Waals surface area contributed by atoms with Crippen LogP contribution in [0.3, 0.4) is 0 Å². The molecule has 5 rings (SSSR count). The number of nitrogens with zero attached hydrogens (tertiary/aromatic N) is 6. The summed E-state index contributed by atoms with van der Waals surface area (Å²) in [5, 5.41) is 4.82. The number of aryl methyl sites for hydroxylation is 2. The monoisotopic (exact) mass is 449 g/mol. The Hall–Kier alpha value is -2.58. The van der Waals surface area contributed by atoms with Gasteiger partial charge >= 0.3 is 0 Å². The number of hydrogen-bond acceptors (Lipinski definition) is 7. The first-order chi connectivity index (χ1) is 15.0. The zero-order valence-electron chi connectivity index (χ0n) is 19.9. The standard InChI is InChI=1S/C24H31N7S/c1-14-12-31-13-19(27-21(31)15(2)26-14)17-8-20-18(11-25-17)28-22(32-20)30(7)16-9-23(3,4)29-24(5,6)10-16/h8,11-13,16,29H,9-10H2,1-7H3. The van der Waals surface area contributed by atoms with Gasteiger partial charge in [-0.1, -0.05) is 11.3 Å². The molecule has 0 unspecified atom stereocenters. The molecule has 4 aromatic heterocycles. The van der Waals surface area contributed by atoms with Crippen LogP contribution < -0.4 is 10.2 Å². The molecule has 168 valence electrons. The molecule has 5 heterocycles. The van der Waals surface area contributed by atoms with Gasteiger partial charge in [0.25, 0.3) is 0 Å². The van der Waals surface area contributed by atoms with Gasteiger partial charge in [-0.25, -0.2) is 9.97 Å². The first-order valence-corrected chi connectivity index (χ1v) is 11.9. The Morgan fingerprint density at radius 3 is 2.47 bits per heavy atom.